The average molecular weight is 166 g/mol. The molecule has 0 atom stereocenters. The van der Waals surface area contributed by atoms with Crippen LogP contribution in [0.4, 0.5) is 0 Å². The van der Waals surface area contributed by atoms with E-state index in [9.17, 15) is 19.2 Å². The van der Waals surface area contributed by atoms with Crippen molar-refractivity contribution >= 4 is 0 Å². The summed E-state index contributed by atoms with van der Waals surface area (Å²) in [6, 6.07) is 0. The van der Waals surface area contributed by atoms with Gasteiger partial charge in [0.1, 0.15) is 10.4 Å². The lowest BCUT2D eigenvalue weighted by Crippen LogP contribution is -2.19. The zero-order chi connectivity index (χ0) is 8.88. The first-order chi connectivity index (χ1) is 5.61. The molecule has 0 fully saturated rings. The minimum absolute atomic E-state index is 0.370. The Balaban J connectivity index is 3.60. The van der Waals surface area contributed by atoms with E-state index >= 15 is 0 Å². The molecule has 2 N–H and O–H groups in total. The zero-order valence-electron chi connectivity index (χ0n) is 5.63. The molecule has 60 valence electrons. The summed E-state index contributed by atoms with van der Waals surface area (Å²) in [7, 11) is 0. The number of H-pyrrole nitrogens is 2. The van der Waals surface area contributed by atoms with Crippen LogP contribution in [0.2, 0.25) is 0 Å². The first kappa shape index (κ1) is 6.71. The van der Waals surface area contributed by atoms with Crippen molar-refractivity contribution in [3.8, 4) is 0 Å². The van der Waals surface area contributed by atoms with Crippen LogP contribution in [-0.4, -0.2) is 9.97 Å². The summed E-state index contributed by atoms with van der Waals surface area (Å²) in [5.41, 5.74) is -3.23. The molecule has 2 aliphatic heterocycles. The highest BCUT2D eigenvalue weighted by atomic mass is 16.2. The highest BCUT2D eigenvalue weighted by Gasteiger charge is 2.10. The third-order valence-corrected chi connectivity index (χ3v) is 1.61. The van der Waals surface area contributed by atoms with Gasteiger partial charge in [-0.15, -0.1) is 0 Å². The van der Waals surface area contributed by atoms with E-state index in [1.54, 1.807) is 0 Å². The second-order valence-electron chi connectivity index (χ2n) is 2.32. The molecule has 2 rings (SSSR count). The quantitative estimate of drug-likeness (QED) is 0.447. The van der Waals surface area contributed by atoms with Gasteiger partial charge in [0, 0.05) is 0 Å². The summed E-state index contributed by atoms with van der Waals surface area (Å²) < 4.78 is 0. The predicted molar refractivity (Wildman–Crippen MR) is 37.9 cm³/mol. The van der Waals surface area contributed by atoms with Gasteiger partial charge in [0.25, 0.3) is 22.2 Å². The van der Waals surface area contributed by atoms with Gasteiger partial charge in [-0.25, -0.2) is 0 Å². The Morgan fingerprint density at radius 1 is 0.583 bits per heavy atom. The summed E-state index contributed by atoms with van der Waals surface area (Å²) in [6.07, 6.45) is 0. The van der Waals surface area contributed by atoms with E-state index in [0.717, 1.165) is 0 Å². The van der Waals surface area contributed by atoms with Gasteiger partial charge in [0.2, 0.25) is 0 Å². The lowest BCUT2D eigenvalue weighted by Gasteiger charge is -1.63. The van der Waals surface area contributed by atoms with E-state index in [1.165, 1.54) is 0 Å². The van der Waals surface area contributed by atoms with Gasteiger partial charge in [0.05, 0.1) is 0 Å². The fourth-order valence-electron chi connectivity index (χ4n) is 1.12. The Morgan fingerprint density at radius 3 is 1.08 bits per heavy atom. The molecule has 0 spiro atoms. The molecule has 0 unspecified atom stereocenters. The van der Waals surface area contributed by atoms with Crippen molar-refractivity contribution in [2.45, 2.75) is 0 Å². The van der Waals surface area contributed by atoms with Crippen molar-refractivity contribution in [2.75, 3.05) is 0 Å². The van der Waals surface area contributed by atoms with Crippen molar-refractivity contribution in [3.63, 3.8) is 0 Å². The van der Waals surface area contributed by atoms with Crippen LogP contribution >= 0.6 is 0 Å². The van der Waals surface area contributed by atoms with Gasteiger partial charge < -0.3 is 0 Å². The van der Waals surface area contributed by atoms with Crippen LogP contribution < -0.4 is 22.2 Å². The Labute approximate surface area is 62.8 Å². The number of hydrogen-bond acceptors (Lipinski definition) is 4. The molecule has 0 amide bonds. The van der Waals surface area contributed by atoms with Crippen molar-refractivity contribution in [1.29, 1.82) is 0 Å². The van der Waals surface area contributed by atoms with Crippen LogP contribution in [0.15, 0.2) is 19.2 Å². The lowest BCUT2D eigenvalue weighted by atomic mass is 10.4. The molecule has 0 saturated heterocycles. The Morgan fingerprint density at radius 2 is 0.833 bits per heavy atom. The van der Waals surface area contributed by atoms with E-state index in [4.69, 9.17) is 0 Å². The molecule has 12 heavy (non-hydrogen) atoms. The standard InChI is InChI=1S/C6H2N2O4/c9-3-1-2(5(11)7-3)6(12)8-4(1)10/h(H,7,9,11)(H,8,10,12). The molecule has 0 aliphatic carbocycles. The van der Waals surface area contributed by atoms with E-state index in [0.29, 0.717) is 0 Å². The highest BCUT2D eigenvalue weighted by molar-refractivity contribution is 5.07. The first-order valence-electron chi connectivity index (χ1n) is 3.07. The number of aromatic nitrogens is 2. The molecule has 2 aliphatic rings. The summed E-state index contributed by atoms with van der Waals surface area (Å²) in [5, 5.41) is -0.741. The minimum atomic E-state index is -0.807. The van der Waals surface area contributed by atoms with Gasteiger partial charge in [-0.1, -0.05) is 0 Å². The Hall–Kier alpha value is -1.98. The number of nitrogens with one attached hydrogen (secondary N) is 2. The van der Waals surface area contributed by atoms with Crippen LogP contribution in [0.25, 0.3) is 0 Å². The number of aromatic amines is 2. The van der Waals surface area contributed by atoms with Gasteiger partial charge in [0.15, 0.2) is 0 Å². The second kappa shape index (κ2) is 1.79. The number of hydrogen-bond donors (Lipinski definition) is 2. The van der Waals surface area contributed by atoms with Crippen molar-refractivity contribution in [2.24, 2.45) is 0 Å². The van der Waals surface area contributed by atoms with E-state index in [-0.39, 0.29) is 10.4 Å². The summed E-state index contributed by atoms with van der Waals surface area (Å²) in [4.78, 5) is 47.0. The van der Waals surface area contributed by atoms with Gasteiger partial charge >= 0.3 is 0 Å². The smallest absolute Gasteiger partial charge is 0.264 e. The lowest BCUT2D eigenvalue weighted by molar-refractivity contribution is 1.15. The molecular formula is C6H2N2O4. The zero-order valence-corrected chi connectivity index (χ0v) is 5.63. The summed E-state index contributed by atoms with van der Waals surface area (Å²) in [5.74, 6) is 0. The van der Waals surface area contributed by atoms with Gasteiger partial charge in [-0.3, -0.25) is 29.1 Å². The monoisotopic (exact) mass is 166 g/mol. The summed E-state index contributed by atoms with van der Waals surface area (Å²) in [6.45, 7) is 0. The minimum Gasteiger partial charge on any atom is -0.288 e. The van der Waals surface area contributed by atoms with Gasteiger partial charge in [-0.05, 0) is 0 Å². The normalized spacial score (nSPS) is 11.0. The highest BCUT2D eigenvalue weighted by Crippen LogP contribution is 1.68. The fraction of sp³-hybridized carbons (Fsp3) is 0. The first-order valence-corrected chi connectivity index (χ1v) is 3.07. The second-order valence-corrected chi connectivity index (χ2v) is 2.32. The van der Waals surface area contributed by atoms with Crippen LogP contribution in [0.5, 0.6) is 0 Å². The molecule has 2 heterocycles. The SMILES string of the molecule is O=c1[nH]c(=O)c2c(=O)[nH]c(=O)c1=2. The topological polar surface area (TPSA) is 99.9 Å². The van der Waals surface area contributed by atoms with E-state index in [1.807, 2.05) is 9.97 Å². The summed E-state index contributed by atoms with van der Waals surface area (Å²) >= 11 is 0. The largest absolute Gasteiger partial charge is 0.288 e. The van der Waals surface area contributed by atoms with E-state index < -0.39 is 22.2 Å². The molecule has 0 bridgehead atoms. The molecular weight excluding hydrogens is 164 g/mol. The molecule has 0 aromatic carbocycles. The molecule has 0 aromatic heterocycles. The maximum absolute atomic E-state index is 10.8. The maximum Gasteiger partial charge on any atom is 0.264 e. The Bertz CT molecular complexity index is 569. The fourth-order valence-corrected chi connectivity index (χ4v) is 1.12. The predicted octanol–water partition coefficient (Wildman–Crippen LogP) is -2.62. The maximum atomic E-state index is 10.8. The third kappa shape index (κ3) is 0.584. The van der Waals surface area contributed by atoms with Crippen LogP contribution in [0, 0.1) is 10.4 Å². The molecule has 0 aromatic rings. The average Bonchev–Trinajstić information content (AvgIpc) is 2.38. The van der Waals surface area contributed by atoms with Crippen molar-refractivity contribution < 1.29 is 0 Å². The molecule has 6 nitrogen and oxygen atoms in total. The molecule has 0 saturated carbocycles. The van der Waals surface area contributed by atoms with E-state index in [2.05, 4.69) is 0 Å². The molecule has 6 heteroatoms. The van der Waals surface area contributed by atoms with Gasteiger partial charge in [-0.2, -0.15) is 0 Å². The van der Waals surface area contributed by atoms with Crippen LogP contribution in [0.1, 0.15) is 0 Å². The van der Waals surface area contributed by atoms with Crippen LogP contribution in [0.3, 0.4) is 0 Å². The van der Waals surface area contributed by atoms with Crippen molar-refractivity contribution in [1.82, 2.24) is 9.97 Å². The van der Waals surface area contributed by atoms with Crippen LogP contribution in [-0.2, 0) is 0 Å². The molecule has 0 radical (unpaired) electrons. The van der Waals surface area contributed by atoms with Crippen molar-refractivity contribution in [3.05, 3.63) is 51.9 Å². The Kier molecular flexibility index (Phi) is 0.999. The third-order valence-electron chi connectivity index (χ3n) is 1.61. The number of rotatable bonds is 0.